The van der Waals surface area contributed by atoms with Crippen molar-refractivity contribution in [3.63, 3.8) is 0 Å². The molecule has 0 atom stereocenters. The van der Waals surface area contributed by atoms with Crippen LogP contribution in [0, 0.1) is 13.8 Å². The maximum atomic E-state index is 6.45. The molecule has 6 heteroatoms. The number of aromatic nitrogens is 2. The summed E-state index contributed by atoms with van der Waals surface area (Å²) in [6, 6.07) is 43.1. The van der Waals surface area contributed by atoms with E-state index in [2.05, 4.69) is 161 Å². The smallest absolute Gasteiger partial charge is 0.138 e. The van der Waals surface area contributed by atoms with Gasteiger partial charge in [-0.05, 0) is 118 Å². The minimum atomic E-state index is -0.196. The molecule has 0 saturated carbocycles. The standard InChI is InChI=1S/C41H36N4OS/c1-27-12-10-13-28(2)40(27)29-22-23-42-39(24-29)43-35-17-7-6-16-33(35)34-21-20-32(26-38(34)43)47-31-15-11-14-30(25-31)44-36-18-8-9-19-37(36)45(46-44)41(3,4)5/h6-26H,1-5H3. The molecule has 0 spiro atoms. The average molecular weight is 633 g/mol. The molecule has 0 bridgehead atoms. The van der Waals surface area contributed by atoms with E-state index in [4.69, 9.17) is 9.92 Å². The fourth-order valence-corrected chi connectivity index (χ4v) is 7.59. The Morgan fingerprint density at radius 3 is 2.15 bits per heavy atom. The lowest BCUT2D eigenvalue weighted by molar-refractivity contribution is 0.0842. The molecular formula is C41H36N4OS. The Bertz CT molecular complexity index is 2280. The van der Waals surface area contributed by atoms with E-state index in [-0.39, 0.29) is 5.54 Å². The molecule has 0 fully saturated rings. The second kappa shape index (κ2) is 11.3. The van der Waals surface area contributed by atoms with Crippen LogP contribution in [0.3, 0.4) is 0 Å². The van der Waals surface area contributed by atoms with Crippen LogP contribution in [-0.4, -0.2) is 15.1 Å². The number of nitrogens with zero attached hydrogens (tertiary/aromatic N) is 4. The van der Waals surface area contributed by atoms with E-state index >= 15 is 0 Å². The molecule has 0 saturated heterocycles. The van der Waals surface area contributed by atoms with Gasteiger partial charge in [-0.15, -0.1) is 4.94 Å². The molecule has 7 aromatic rings. The Balaban J connectivity index is 1.19. The molecule has 3 heterocycles. The number of para-hydroxylation sites is 3. The van der Waals surface area contributed by atoms with Gasteiger partial charge in [-0.1, -0.05) is 72.4 Å². The van der Waals surface area contributed by atoms with Gasteiger partial charge >= 0.3 is 0 Å². The Morgan fingerprint density at radius 1 is 0.638 bits per heavy atom. The maximum Gasteiger partial charge on any atom is 0.138 e. The quantitative estimate of drug-likeness (QED) is 0.189. The largest absolute Gasteiger partial charge is 0.294 e. The first-order chi connectivity index (χ1) is 22.8. The number of anilines is 3. The van der Waals surface area contributed by atoms with Crippen LogP contribution < -0.4 is 10.1 Å². The summed E-state index contributed by atoms with van der Waals surface area (Å²) < 4.78 is 2.30. The first kappa shape index (κ1) is 29.4. The molecule has 0 amide bonds. The molecule has 5 aromatic carbocycles. The average Bonchev–Trinajstić information content (AvgIpc) is 3.62. The van der Waals surface area contributed by atoms with E-state index in [0.29, 0.717) is 0 Å². The number of aryl methyl sites for hydroxylation is 2. The van der Waals surface area contributed by atoms with Gasteiger partial charge in [0.05, 0.1) is 33.6 Å². The third-order valence-electron chi connectivity index (χ3n) is 8.77. The lowest BCUT2D eigenvalue weighted by Crippen LogP contribution is -2.41. The van der Waals surface area contributed by atoms with Gasteiger partial charge in [-0.25, -0.2) is 10.0 Å². The summed E-state index contributed by atoms with van der Waals surface area (Å²) in [4.78, 5) is 13.6. The molecule has 232 valence electrons. The maximum absolute atomic E-state index is 6.45. The van der Waals surface area contributed by atoms with Crippen molar-refractivity contribution >= 4 is 50.6 Å². The predicted octanol–water partition coefficient (Wildman–Crippen LogP) is 11.2. The Labute approximate surface area is 280 Å². The number of hydrogen-bond donors (Lipinski definition) is 0. The van der Waals surface area contributed by atoms with Crippen molar-refractivity contribution in [1.82, 2.24) is 9.55 Å². The van der Waals surface area contributed by atoms with E-state index in [1.54, 1.807) is 11.8 Å². The molecule has 5 nitrogen and oxygen atoms in total. The highest BCUT2D eigenvalue weighted by Gasteiger charge is 2.35. The normalized spacial score (nSPS) is 13.1. The molecule has 0 N–H and O–H groups in total. The molecular weight excluding hydrogens is 597 g/mol. The first-order valence-corrected chi connectivity index (χ1v) is 16.8. The molecule has 0 aliphatic carbocycles. The van der Waals surface area contributed by atoms with E-state index in [0.717, 1.165) is 43.7 Å². The Hall–Kier alpha value is -5.04. The number of hydrogen-bond acceptors (Lipinski definition) is 5. The van der Waals surface area contributed by atoms with Crippen molar-refractivity contribution in [3.05, 3.63) is 139 Å². The summed E-state index contributed by atoms with van der Waals surface area (Å²) >= 11 is 1.75. The van der Waals surface area contributed by atoms with Gasteiger partial charge in [0.2, 0.25) is 0 Å². The zero-order valence-electron chi connectivity index (χ0n) is 27.2. The molecule has 2 aromatic heterocycles. The third-order valence-corrected chi connectivity index (χ3v) is 9.75. The molecule has 47 heavy (non-hydrogen) atoms. The minimum Gasteiger partial charge on any atom is -0.294 e. The molecule has 8 rings (SSSR count). The zero-order chi connectivity index (χ0) is 32.3. The Kier molecular flexibility index (Phi) is 7.08. The highest BCUT2D eigenvalue weighted by atomic mass is 32.2. The lowest BCUT2D eigenvalue weighted by Gasteiger charge is -2.31. The lowest BCUT2D eigenvalue weighted by atomic mass is 9.96. The monoisotopic (exact) mass is 632 g/mol. The summed E-state index contributed by atoms with van der Waals surface area (Å²) in [5.74, 6) is 0.911. The van der Waals surface area contributed by atoms with Crippen LogP contribution in [0.2, 0.25) is 0 Å². The van der Waals surface area contributed by atoms with Crippen molar-refractivity contribution in [2.24, 2.45) is 0 Å². The van der Waals surface area contributed by atoms with Crippen LogP contribution in [0.5, 0.6) is 0 Å². The number of pyridine rings is 1. The first-order valence-electron chi connectivity index (χ1n) is 16.0. The predicted molar refractivity (Wildman–Crippen MR) is 196 cm³/mol. The zero-order valence-corrected chi connectivity index (χ0v) is 28.0. The van der Waals surface area contributed by atoms with Gasteiger partial charge < -0.3 is 0 Å². The Morgan fingerprint density at radius 2 is 1.34 bits per heavy atom. The summed E-state index contributed by atoms with van der Waals surface area (Å²) in [6.45, 7) is 10.8. The highest BCUT2D eigenvalue weighted by molar-refractivity contribution is 7.99. The van der Waals surface area contributed by atoms with Gasteiger partial charge in [0.1, 0.15) is 5.82 Å². The van der Waals surface area contributed by atoms with Crippen molar-refractivity contribution in [1.29, 1.82) is 0 Å². The fourth-order valence-electron chi connectivity index (χ4n) is 6.68. The fraction of sp³-hybridized carbons (Fsp3) is 0.146. The topological polar surface area (TPSA) is 33.5 Å². The van der Waals surface area contributed by atoms with E-state index in [1.165, 1.54) is 33.0 Å². The molecule has 1 aliphatic rings. The van der Waals surface area contributed by atoms with Crippen LogP contribution in [0.1, 0.15) is 31.9 Å². The summed E-state index contributed by atoms with van der Waals surface area (Å²) in [6.07, 6.45) is 1.93. The molecule has 0 radical (unpaired) electrons. The summed E-state index contributed by atoms with van der Waals surface area (Å²) in [5, 5.41) is 6.34. The van der Waals surface area contributed by atoms with Crippen molar-refractivity contribution in [2.45, 2.75) is 49.9 Å². The summed E-state index contributed by atoms with van der Waals surface area (Å²) in [5.41, 5.74) is 10.1. The van der Waals surface area contributed by atoms with E-state index in [9.17, 15) is 0 Å². The van der Waals surface area contributed by atoms with Crippen molar-refractivity contribution < 1.29 is 4.94 Å². The molecule has 0 unspecified atom stereocenters. The van der Waals surface area contributed by atoms with Gasteiger partial charge in [0.15, 0.2) is 0 Å². The van der Waals surface area contributed by atoms with Gasteiger partial charge in [-0.2, -0.15) is 5.06 Å². The molecule has 1 aliphatic heterocycles. The van der Waals surface area contributed by atoms with E-state index in [1.807, 2.05) is 16.3 Å². The van der Waals surface area contributed by atoms with Gasteiger partial charge in [-0.3, -0.25) is 4.57 Å². The highest BCUT2D eigenvalue weighted by Crippen LogP contribution is 2.45. The van der Waals surface area contributed by atoms with Crippen LogP contribution in [0.25, 0.3) is 38.8 Å². The van der Waals surface area contributed by atoms with Crippen LogP contribution in [0.4, 0.5) is 17.1 Å². The minimum absolute atomic E-state index is 0.196. The van der Waals surface area contributed by atoms with Gasteiger partial charge in [0, 0.05) is 26.8 Å². The van der Waals surface area contributed by atoms with Crippen LogP contribution in [0.15, 0.2) is 137 Å². The van der Waals surface area contributed by atoms with Crippen LogP contribution >= 0.6 is 11.8 Å². The number of fused-ring (bicyclic) bond motifs is 4. The second-order valence-corrected chi connectivity index (χ2v) is 14.3. The van der Waals surface area contributed by atoms with Crippen molar-refractivity contribution in [3.8, 4) is 16.9 Å². The number of rotatable bonds is 5. The third kappa shape index (κ3) is 5.14. The van der Waals surface area contributed by atoms with Gasteiger partial charge in [0.25, 0.3) is 0 Å². The number of hydroxylamine groups is 1. The second-order valence-electron chi connectivity index (χ2n) is 13.1. The summed E-state index contributed by atoms with van der Waals surface area (Å²) in [7, 11) is 0. The number of benzene rings is 5. The van der Waals surface area contributed by atoms with Crippen LogP contribution in [-0.2, 0) is 4.94 Å². The van der Waals surface area contributed by atoms with E-state index < -0.39 is 0 Å². The van der Waals surface area contributed by atoms with Crippen molar-refractivity contribution in [2.75, 3.05) is 10.1 Å². The SMILES string of the molecule is Cc1cccc(C)c1-c1ccnc(-n2c3ccccc3c3ccc(Sc4cccc(N5ON(C(C)(C)C)c6ccccc65)c4)cc32)c1.